The minimum absolute atomic E-state index is 0.00836. The average Bonchev–Trinajstić information content (AvgIpc) is 3.59. The fourth-order valence-electron chi connectivity index (χ4n) is 3.44. The highest BCUT2D eigenvalue weighted by Crippen LogP contribution is 2.37. The van der Waals surface area contributed by atoms with E-state index in [0.29, 0.717) is 23.4 Å². The molecule has 1 saturated carbocycles. The zero-order chi connectivity index (χ0) is 23.9. The number of rotatable bonds is 5. The second-order valence-corrected chi connectivity index (χ2v) is 9.17. The van der Waals surface area contributed by atoms with Crippen molar-refractivity contribution in [1.82, 2.24) is 4.98 Å². The minimum Gasteiger partial charge on any atom is -0.606 e. The Bertz CT molecular complexity index is 1250. The first-order valence-corrected chi connectivity index (χ1v) is 11.2. The number of anilines is 1. The topological polar surface area (TPSA) is 96.5 Å². The number of nitrogens with zero attached hydrogens (tertiary/aromatic N) is 1. The Morgan fingerprint density at radius 1 is 1.15 bits per heavy atom. The summed E-state index contributed by atoms with van der Waals surface area (Å²) in [5, 5.41) is 9.45. The van der Waals surface area contributed by atoms with Crippen molar-refractivity contribution in [3.63, 3.8) is 0 Å². The number of hydrogen-bond acceptors (Lipinski definition) is 4. The number of aryl methyl sites for hydroxylation is 1. The number of pyridine rings is 1. The Balaban J connectivity index is 1.75. The van der Waals surface area contributed by atoms with Gasteiger partial charge in [0.05, 0.1) is 11.3 Å². The molecule has 0 radical (unpaired) electrons. The van der Waals surface area contributed by atoms with Crippen LogP contribution in [-0.2, 0) is 17.4 Å². The first kappa shape index (κ1) is 22.9. The smallest absolute Gasteiger partial charge is 0.416 e. The Kier molecular flexibility index (Phi) is 5.98. The largest absolute Gasteiger partial charge is 0.606 e. The Morgan fingerprint density at radius 2 is 1.82 bits per heavy atom. The molecule has 1 aliphatic rings. The van der Waals surface area contributed by atoms with E-state index in [9.17, 15) is 32.4 Å². The Hall–Kier alpha value is -3.24. The number of phenols is 1. The van der Waals surface area contributed by atoms with Gasteiger partial charge in [0.1, 0.15) is 11.3 Å². The number of benzene rings is 2. The number of carbonyl (C=O) groups is 1. The molecule has 0 saturated heterocycles. The molecule has 2 aromatic carbocycles. The number of halogens is 3. The lowest BCUT2D eigenvalue weighted by molar-refractivity contribution is -0.137. The van der Waals surface area contributed by atoms with Crippen LogP contribution in [-0.4, -0.2) is 26.6 Å². The van der Waals surface area contributed by atoms with E-state index in [1.54, 1.807) is 0 Å². The molecule has 4 rings (SSSR count). The van der Waals surface area contributed by atoms with Gasteiger partial charge in [-0.1, -0.05) is 6.07 Å². The van der Waals surface area contributed by atoms with Crippen LogP contribution in [0.4, 0.5) is 18.9 Å². The summed E-state index contributed by atoms with van der Waals surface area (Å²) in [5.41, 5.74) is -1.60. The van der Waals surface area contributed by atoms with Crippen LogP contribution in [0.15, 0.2) is 69.2 Å². The van der Waals surface area contributed by atoms with Gasteiger partial charge in [0.2, 0.25) is 0 Å². The van der Waals surface area contributed by atoms with Gasteiger partial charge in [-0.3, -0.25) is 9.59 Å². The third-order valence-electron chi connectivity index (χ3n) is 5.25. The zero-order valence-corrected chi connectivity index (χ0v) is 18.2. The first-order valence-electron chi connectivity index (χ1n) is 10.0. The second-order valence-electron chi connectivity index (χ2n) is 7.72. The van der Waals surface area contributed by atoms with E-state index in [-0.39, 0.29) is 27.9 Å². The molecule has 33 heavy (non-hydrogen) atoms. The predicted molar refractivity (Wildman–Crippen MR) is 116 cm³/mol. The van der Waals surface area contributed by atoms with Gasteiger partial charge in [0.25, 0.3) is 11.5 Å². The molecule has 3 aromatic rings. The molecule has 1 atom stereocenters. The van der Waals surface area contributed by atoms with E-state index in [1.165, 1.54) is 54.3 Å². The third kappa shape index (κ3) is 4.76. The highest BCUT2D eigenvalue weighted by molar-refractivity contribution is 7.91. The highest BCUT2D eigenvalue weighted by Gasteiger charge is 2.38. The van der Waals surface area contributed by atoms with Gasteiger partial charge in [-0.15, -0.1) is 0 Å². The van der Waals surface area contributed by atoms with Gasteiger partial charge in [0, 0.05) is 29.0 Å². The van der Waals surface area contributed by atoms with Crippen LogP contribution in [0.5, 0.6) is 5.75 Å². The SMILES string of the molecule is Cc1[nH]c(=O)c(C(=O)N(c2cccc(C(F)(F)F)c2)C2CC2)cc1[S+]([O-])c1ccc(O)cc1. The summed E-state index contributed by atoms with van der Waals surface area (Å²) in [6, 6.07) is 10.9. The van der Waals surface area contributed by atoms with Crippen molar-refractivity contribution in [2.45, 2.75) is 41.8 Å². The van der Waals surface area contributed by atoms with E-state index in [1.807, 2.05) is 0 Å². The van der Waals surface area contributed by atoms with Crippen LogP contribution < -0.4 is 10.5 Å². The second kappa shape index (κ2) is 8.60. The van der Waals surface area contributed by atoms with Gasteiger partial charge in [-0.05, 0) is 62.2 Å². The molecular weight excluding hydrogens is 457 g/mol. The summed E-state index contributed by atoms with van der Waals surface area (Å²) < 4.78 is 52.7. The third-order valence-corrected chi connectivity index (χ3v) is 6.78. The van der Waals surface area contributed by atoms with Gasteiger partial charge in [-0.25, -0.2) is 0 Å². The number of alkyl halides is 3. The monoisotopic (exact) mass is 476 g/mol. The summed E-state index contributed by atoms with van der Waals surface area (Å²) in [5.74, 6) is -0.770. The average molecular weight is 476 g/mol. The van der Waals surface area contributed by atoms with Gasteiger partial charge in [-0.2, -0.15) is 13.2 Å². The first-order chi connectivity index (χ1) is 15.6. The molecule has 0 aliphatic heterocycles. The van der Waals surface area contributed by atoms with E-state index < -0.39 is 34.4 Å². The summed E-state index contributed by atoms with van der Waals surface area (Å²) in [7, 11) is 0. The molecule has 0 spiro atoms. The summed E-state index contributed by atoms with van der Waals surface area (Å²) >= 11 is -1.77. The summed E-state index contributed by atoms with van der Waals surface area (Å²) in [4.78, 5) is 30.2. The number of H-pyrrole nitrogens is 1. The van der Waals surface area contributed by atoms with E-state index in [2.05, 4.69) is 4.98 Å². The zero-order valence-electron chi connectivity index (χ0n) is 17.3. The predicted octanol–water partition coefficient (Wildman–Crippen LogP) is 4.38. The molecule has 1 unspecified atom stereocenters. The Morgan fingerprint density at radius 3 is 2.42 bits per heavy atom. The molecule has 1 aromatic heterocycles. The quantitative estimate of drug-likeness (QED) is 0.534. The number of amides is 1. The number of nitrogens with one attached hydrogen (secondary N) is 1. The normalized spacial score (nSPS) is 14.7. The lowest BCUT2D eigenvalue weighted by Crippen LogP contribution is -2.37. The van der Waals surface area contributed by atoms with Crippen LogP contribution in [0.2, 0.25) is 0 Å². The maximum atomic E-state index is 13.4. The Labute approximate surface area is 189 Å². The van der Waals surface area contributed by atoms with Gasteiger partial charge >= 0.3 is 6.18 Å². The lowest BCUT2D eigenvalue weighted by Gasteiger charge is -2.24. The molecule has 1 amide bonds. The summed E-state index contributed by atoms with van der Waals surface area (Å²) in [6.45, 7) is 1.54. The van der Waals surface area contributed by atoms with E-state index in [0.717, 1.165) is 12.1 Å². The van der Waals surface area contributed by atoms with E-state index >= 15 is 0 Å². The number of aromatic hydroxyl groups is 1. The van der Waals surface area contributed by atoms with Gasteiger partial charge < -0.3 is 19.5 Å². The fraction of sp³-hybridized carbons (Fsp3) is 0.217. The molecule has 6 nitrogen and oxygen atoms in total. The minimum atomic E-state index is -4.58. The van der Waals surface area contributed by atoms with E-state index in [4.69, 9.17) is 0 Å². The van der Waals surface area contributed by atoms with Crippen LogP contribution >= 0.6 is 0 Å². The van der Waals surface area contributed by atoms with Crippen molar-refractivity contribution >= 4 is 22.8 Å². The van der Waals surface area contributed by atoms with Crippen LogP contribution in [0.3, 0.4) is 0 Å². The molecule has 172 valence electrons. The molecule has 10 heteroatoms. The van der Waals surface area contributed by atoms with Crippen molar-refractivity contribution in [2.24, 2.45) is 0 Å². The molecule has 1 aliphatic carbocycles. The lowest BCUT2D eigenvalue weighted by atomic mass is 10.1. The molecule has 1 heterocycles. The maximum absolute atomic E-state index is 13.4. The summed E-state index contributed by atoms with van der Waals surface area (Å²) in [6.07, 6.45) is -3.39. The number of phenolic OH excluding ortho intramolecular Hbond substituents is 1. The number of hydrogen-bond donors (Lipinski definition) is 2. The molecule has 1 fully saturated rings. The van der Waals surface area contributed by atoms with Crippen molar-refractivity contribution in [2.75, 3.05) is 4.90 Å². The number of carbonyl (C=O) groups excluding carboxylic acids is 1. The van der Waals surface area contributed by atoms with Crippen LogP contribution in [0, 0.1) is 6.92 Å². The van der Waals surface area contributed by atoms with Crippen molar-refractivity contribution in [1.29, 1.82) is 0 Å². The number of aromatic nitrogens is 1. The molecule has 0 bridgehead atoms. The van der Waals surface area contributed by atoms with Crippen molar-refractivity contribution in [3.05, 3.63) is 81.8 Å². The van der Waals surface area contributed by atoms with Gasteiger partial charge in [0.15, 0.2) is 9.79 Å². The number of aromatic amines is 1. The molecular formula is C23H19F3N2O4S. The van der Waals surface area contributed by atoms with Crippen LogP contribution in [0.25, 0.3) is 0 Å². The van der Waals surface area contributed by atoms with Crippen molar-refractivity contribution < 1.29 is 27.6 Å². The molecule has 2 N–H and O–H groups in total. The highest BCUT2D eigenvalue weighted by atomic mass is 32.2. The maximum Gasteiger partial charge on any atom is 0.416 e. The van der Waals surface area contributed by atoms with Crippen molar-refractivity contribution in [3.8, 4) is 5.75 Å². The van der Waals surface area contributed by atoms with Crippen LogP contribution in [0.1, 0.15) is 34.5 Å². The fourth-order valence-corrected chi connectivity index (χ4v) is 4.63. The standard InChI is InChI=1S/C23H19F3N2O4S/c1-13-20(33(32)18-9-7-17(29)8-10-18)12-19(21(30)27-13)22(31)28(15-5-6-15)16-4-2-3-14(11-16)23(24,25)26/h2-4,7-12,15,29H,5-6H2,1H3,(H,27,30).